The molecule has 20 heavy (non-hydrogen) atoms. The molecule has 0 aliphatic carbocycles. The van der Waals surface area contributed by atoms with E-state index >= 15 is 0 Å². The standard InChI is InChI=1S/C13H16Cl2N2O3/c1-3-13(7-14,8-15)16-12(18)10-5-4-6-11(9(10)2)17(19)20/h4-6H,3,7-8H2,1-2H3,(H,16,18). The minimum absolute atomic E-state index is 0.0866. The second kappa shape index (κ2) is 6.90. The lowest BCUT2D eigenvalue weighted by Crippen LogP contribution is -2.51. The summed E-state index contributed by atoms with van der Waals surface area (Å²) < 4.78 is 0. The predicted octanol–water partition coefficient (Wildman–Crippen LogP) is 3.26. The topological polar surface area (TPSA) is 72.2 Å². The molecule has 7 heteroatoms. The number of nitro groups is 1. The average Bonchev–Trinajstić information content (AvgIpc) is 2.44. The number of halogens is 2. The highest BCUT2D eigenvalue weighted by Crippen LogP contribution is 2.22. The predicted molar refractivity (Wildman–Crippen MR) is 79.8 cm³/mol. The number of carbonyl (C=O) groups is 1. The van der Waals surface area contributed by atoms with Gasteiger partial charge in [-0.05, 0) is 19.4 Å². The summed E-state index contributed by atoms with van der Waals surface area (Å²) in [5.41, 5.74) is -0.218. The molecule has 1 aromatic carbocycles. The summed E-state index contributed by atoms with van der Waals surface area (Å²) in [6.07, 6.45) is 0.569. The van der Waals surface area contributed by atoms with Gasteiger partial charge in [0.1, 0.15) is 0 Å². The average molecular weight is 319 g/mol. The van der Waals surface area contributed by atoms with Crippen LogP contribution in [0.15, 0.2) is 18.2 Å². The minimum atomic E-state index is -0.711. The van der Waals surface area contributed by atoms with Gasteiger partial charge in [-0.25, -0.2) is 0 Å². The Balaban J connectivity index is 3.10. The molecule has 0 unspecified atom stereocenters. The van der Waals surface area contributed by atoms with Gasteiger partial charge in [-0.1, -0.05) is 13.0 Å². The Bertz CT molecular complexity index is 508. The Hall–Kier alpha value is -1.33. The van der Waals surface area contributed by atoms with Crippen molar-refractivity contribution in [2.75, 3.05) is 11.8 Å². The van der Waals surface area contributed by atoms with Gasteiger partial charge in [-0.15, -0.1) is 23.2 Å². The molecule has 0 heterocycles. The smallest absolute Gasteiger partial charge is 0.273 e. The summed E-state index contributed by atoms with van der Waals surface area (Å²) in [5.74, 6) is -0.0614. The number of carbonyl (C=O) groups excluding carboxylic acids is 1. The monoisotopic (exact) mass is 318 g/mol. The number of alkyl halides is 2. The summed E-state index contributed by atoms with van der Waals surface area (Å²) in [4.78, 5) is 22.7. The molecule has 0 aromatic heterocycles. The number of hydrogen-bond acceptors (Lipinski definition) is 3. The van der Waals surface area contributed by atoms with E-state index in [1.807, 2.05) is 6.92 Å². The lowest BCUT2D eigenvalue weighted by Gasteiger charge is -2.29. The zero-order valence-electron chi connectivity index (χ0n) is 11.3. The van der Waals surface area contributed by atoms with Crippen molar-refractivity contribution in [3.05, 3.63) is 39.4 Å². The minimum Gasteiger partial charge on any atom is -0.344 e. The van der Waals surface area contributed by atoms with Crippen molar-refractivity contribution in [2.24, 2.45) is 0 Å². The second-order valence-corrected chi connectivity index (χ2v) is 5.10. The van der Waals surface area contributed by atoms with Gasteiger partial charge in [-0.2, -0.15) is 0 Å². The van der Waals surface area contributed by atoms with Gasteiger partial charge in [0, 0.05) is 29.0 Å². The molecule has 0 saturated carbocycles. The Kier molecular flexibility index (Phi) is 5.77. The van der Waals surface area contributed by atoms with E-state index in [9.17, 15) is 14.9 Å². The molecule has 0 aliphatic rings. The van der Waals surface area contributed by atoms with Crippen LogP contribution in [0.2, 0.25) is 0 Å². The highest BCUT2D eigenvalue weighted by atomic mass is 35.5. The van der Waals surface area contributed by atoms with E-state index in [2.05, 4.69) is 5.32 Å². The molecule has 0 bridgehead atoms. The van der Waals surface area contributed by atoms with Gasteiger partial charge in [0.15, 0.2) is 0 Å². The molecular weight excluding hydrogens is 303 g/mol. The molecule has 5 nitrogen and oxygen atoms in total. The van der Waals surface area contributed by atoms with E-state index < -0.39 is 16.4 Å². The molecule has 0 aliphatic heterocycles. The summed E-state index contributed by atoms with van der Waals surface area (Å²) in [7, 11) is 0. The van der Waals surface area contributed by atoms with Crippen LogP contribution < -0.4 is 5.32 Å². The molecule has 0 saturated heterocycles. The number of rotatable bonds is 6. The van der Waals surface area contributed by atoms with Crippen LogP contribution in [0.1, 0.15) is 29.3 Å². The number of benzene rings is 1. The molecule has 110 valence electrons. The van der Waals surface area contributed by atoms with E-state index in [0.717, 1.165) is 0 Å². The fourth-order valence-electron chi connectivity index (χ4n) is 1.76. The zero-order chi connectivity index (χ0) is 15.3. The van der Waals surface area contributed by atoms with Crippen molar-refractivity contribution in [3.8, 4) is 0 Å². The van der Waals surface area contributed by atoms with E-state index in [-0.39, 0.29) is 23.0 Å². The third kappa shape index (κ3) is 3.41. The van der Waals surface area contributed by atoms with Crippen LogP contribution in [-0.4, -0.2) is 28.1 Å². The number of nitrogens with one attached hydrogen (secondary N) is 1. The maximum Gasteiger partial charge on any atom is 0.273 e. The van der Waals surface area contributed by atoms with Crippen LogP contribution in [0, 0.1) is 17.0 Å². The fraction of sp³-hybridized carbons (Fsp3) is 0.462. The first kappa shape index (κ1) is 16.7. The maximum absolute atomic E-state index is 12.3. The molecule has 1 N–H and O–H groups in total. The number of nitrogens with zero attached hydrogens (tertiary/aromatic N) is 1. The van der Waals surface area contributed by atoms with Crippen molar-refractivity contribution in [1.29, 1.82) is 0 Å². The highest BCUT2D eigenvalue weighted by Gasteiger charge is 2.30. The lowest BCUT2D eigenvalue weighted by atomic mass is 9.99. The number of nitro benzene ring substituents is 1. The third-order valence-corrected chi connectivity index (χ3v) is 4.34. The Morgan fingerprint density at radius 1 is 1.40 bits per heavy atom. The van der Waals surface area contributed by atoms with Crippen LogP contribution in [-0.2, 0) is 0 Å². The molecule has 0 fully saturated rings. The van der Waals surface area contributed by atoms with Crippen LogP contribution in [0.4, 0.5) is 5.69 Å². The number of amides is 1. The summed E-state index contributed by atoms with van der Waals surface area (Å²) >= 11 is 11.7. The van der Waals surface area contributed by atoms with E-state index in [1.165, 1.54) is 12.1 Å². The van der Waals surface area contributed by atoms with Crippen molar-refractivity contribution in [1.82, 2.24) is 5.32 Å². The van der Waals surface area contributed by atoms with Crippen LogP contribution in [0.25, 0.3) is 0 Å². The maximum atomic E-state index is 12.3. The van der Waals surface area contributed by atoms with Gasteiger partial charge in [0.2, 0.25) is 0 Å². The lowest BCUT2D eigenvalue weighted by molar-refractivity contribution is -0.385. The number of hydrogen-bond donors (Lipinski definition) is 1. The highest BCUT2D eigenvalue weighted by molar-refractivity contribution is 6.22. The Labute approximate surface area is 127 Å². The van der Waals surface area contributed by atoms with Crippen LogP contribution in [0.3, 0.4) is 0 Å². The first-order chi connectivity index (χ1) is 9.40. The molecule has 1 aromatic rings. The first-order valence-electron chi connectivity index (χ1n) is 6.09. The third-order valence-electron chi connectivity index (χ3n) is 3.31. The Morgan fingerprint density at radius 3 is 2.45 bits per heavy atom. The van der Waals surface area contributed by atoms with Gasteiger partial charge in [0.05, 0.1) is 10.5 Å². The molecule has 1 amide bonds. The Morgan fingerprint density at radius 2 is 2.00 bits per heavy atom. The summed E-state index contributed by atoms with van der Waals surface area (Å²) in [6.45, 7) is 3.41. The summed E-state index contributed by atoms with van der Waals surface area (Å²) in [5, 5.41) is 13.7. The molecule has 0 radical (unpaired) electrons. The largest absolute Gasteiger partial charge is 0.344 e. The van der Waals surface area contributed by atoms with Crippen LogP contribution in [0.5, 0.6) is 0 Å². The van der Waals surface area contributed by atoms with Gasteiger partial charge in [-0.3, -0.25) is 14.9 Å². The van der Waals surface area contributed by atoms with Gasteiger partial charge in [0.25, 0.3) is 11.6 Å². The van der Waals surface area contributed by atoms with Gasteiger partial charge < -0.3 is 5.32 Å². The molecule has 1 rings (SSSR count). The molecule has 0 spiro atoms. The van der Waals surface area contributed by atoms with Crippen molar-refractivity contribution in [3.63, 3.8) is 0 Å². The normalized spacial score (nSPS) is 11.2. The van der Waals surface area contributed by atoms with Crippen molar-refractivity contribution >= 4 is 34.8 Å². The van der Waals surface area contributed by atoms with E-state index in [4.69, 9.17) is 23.2 Å². The molecule has 0 atom stereocenters. The van der Waals surface area contributed by atoms with E-state index in [0.29, 0.717) is 12.0 Å². The van der Waals surface area contributed by atoms with Crippen LogP contribution >= 0.6 is 23.2 Å². The SMILES string of the molecule is CCC(CCl)(CCl)NC(=O)c1cccc([N+](=O)[O-])c1C. The quantitative estimate of drug-likeness (QED) is 0.497. The first-order valence-corrected chi connectivity index (χ1v) is 7.16. The van der Waals surface area contributed by atoms with E-state index in [1.54, 1.807) is 13.0 Å². The zero-order valence-corrected chi connectivity index (χ0v) is 12.8. The van der Waals surface area contributed by atoms with Crippen molar-refractivity contribution < 1.29 is 9.72 Å². The second-order valence-electron chi connectivity index (χ2n) is 4.56. The van der Waals surface area contributed by atoms with Gasteiger partial charge >= 0.3 is 0 Å². The fourth-order valence-corrected chi connectivity index (χ4v) is 2.55. The summed E-state index contributed by atoms with van der Waals surface area (Å²) in [6, 6.07) is 4.39. The molecular formula is C13H16Cl2N2O3. The van der Waals surface area contributed by atoms with Crippen molar-refractivity contribution in [2.45, 2.75) is 25.8 Å².